The lowest BCUT2D eigenvalue weighted by atomic mass is 10.2. The van der Waals surface area contributed by atoms with Crippen molar-refractivity contribution in [3.63, 3.8) is 0 Å². The van der Waals surface area contributed by atoms with Gasteiger partial charge in [0.2, 0.25) is 5.82 Å². The minimum atomic E-state index is -0.614. The molecule has 1 rings (SSSR count). The van der Waals surface area contributed by atoms with Crippen molar-refractivity contribution in [1.82, 2.24) is 4.98 Å². The first-order valence-electron chi connectivity index (χ1n) is 6.48. The van der Waals surface area contributed by atoms with Crippen LogP contribution in [0.2, 0.25) is 0 Å². The summed E-state index contributed by atoms with van der Waals surface area (Å²) in [5.41, 5.74) is -0.204. The van der Waals surface area contributed by atoms with Gasteiger partial charge >= 0.3 is 11.7 Å². The zero-order valence-electron chi connectivity index (χ0n) is 11.9. The van der Waals surface area contributed by atoms with E-state index in [1.807, 2.05) is 6.92 Å². The summed E-state index contributed by atoms with van der Waals surface area (Å²) in [5, 5.41) is 19.9. The van der Waals surface area contributed by atoms with Crippen LogP contribution in [-0.4, -0.2) is 35.6 Å². The highest BCUT2D eigenvalue weighted by molar-refractivity contribution is 5.76. The molecule has 0 unspecified atom stereocenters. The average molecular weight is 292 g/mol. The summed E-state index contributed by atoms with van der Waals surface area (Å²) >= 11 is 0. The van der Waals surface area contributed by atoms with E-state index in [0.29, 0.717) is 13.0 Å². The van der Waals surface area contributed by atoms with Gasteiger partial charge in [-0.1, -0.05) is 6.92 Å². The summed E-state index contributed by atoms with van der Waals surface area (Å²) in [6.07, 6.45) is 1.92. The Kier molecular flexibility index (Phi) is 6.07. The van der Waals surface area contributed by atoms with E-state index in [1.165, 1.54) is 11.1 Å². The maximum absolute atomic E-state index is 11.6. The minimum absolute atomic E-state index is 0.0638. The van der Waals surface area contributed by atoms with Crippen molar-refractivity contribution in [3.8, 4) is 6.07 Å². The average Bonchev–Trinajstić information content (AvgIpc) is 2.46. The van der Waals surface area contributed by atoms with Gasteiger partial charge in [-0.05, 0) is 13.3 Å². The fourth-order valence-corrected chi connectivity index (χ4v) is 1.78. The van der Waals surface area contributed by atoms with E-state index >= 15 is 0 Å². The molecule has 8 heteroatoms. The van der Waals surface area contributed by atoms with E-state index in [4.69, 9.17) is 10.00 Å². The molecule has 112 valence electrons. The fourth-order valence-electron chi connectivity index (χ4n) is 1.78. The Morgan fingerprint density at radius 2 is 2.29 bits per heavy atom. The number of nitrogens with zero attached hydrogens (tertiary/aromatic N) is 4. The maximum atomic E-state index is 11.6. The van der Waals surface area contributed by atoms with Crippen molar-refractivity contribution in [2.24, 2.45) is 0 Å². The number of hydrogen-bond donors (Lipinski definition) is 0. The number of pyridine rings is 1. The highest BCUT2D eigenvalue weighted by atomic mass is 16.6. The number of ether oxygens (including phenoxy) is 1. The van der Waals surface area contributed by atoms with Gasteiger partial charge in [-0.3, -0.25) is 14.9 Å². The Bertz CT molecular complexity index is 568. The van der Waals surface area contributed by atoms with E-state index < -0.39 is 10.9 Å². The first-order valence-corrected chi connectivity index (χ1v) is 6.48. The van der Waals surface area contributed by atoms with E-state index in [-0.39, 0.29) is 30.2 Å². The van der Waals surface area contributed by atoms with Crippen molar-refractivity contribution in [1.29, 1.82) is 5.26 Å². The van der Waals surface area contributed by atoms with Crippen LogP contribution in [0.5, 0.6) is 0 Å². The van der Waals surface area contributed by atoms with Gasteiger partial charge in [-0.2, -0.15) is 5.26 Å². The van der Waals surface area contributed by atoms with Crippen LogP contribution in [0.1, 0.15) is 25.8 Å². The van der Waals surface area contributed by atoms with Crippen LogP contribution in [0.15, 0.2) is 12.3 Å². The Hall–Kier alpha value is -2.69. The number of hydrogen-bond acceptors (Lipinski definition) is 7. The van der Waals surface area contributed by atoms with E-state index in [2.05, 4.69) is 4.98 Å². The molecule has 0 aliphatic carbocycles. The second kappa shape index (κ2) is 7.79. The van der Waals surface area contributed by atoms with Crippen LogP contribution in [-0.2, 0) is 9.53 Å². The van der Waals surface area contributed by atoms with Crippen molar-refractivity contribution in [3.05, 3.63) is 27.9 Å². The van der Waals surface area contributed by atoms with Gasteiger partial charge < -0.3 is 9.64 Å². The van der Waals surface area contributed by atoms with Crippen LogP contribution < -0.4 is 4.90 Å². The first kappa shape index (κ1) is 16.4. The van der Waals surface area contributed by atoms with Crippen molar-refractivity contribution >= 4 is 17.5 Å². The molecule has 1 aromatic heterocycles. The van der Waals surface area contributed by atoms with Crippen LogP contribution in [0, 0.1) is 21.4 Å². The number of carbonyl (C=O) groups is 1. The molecule has 1 heterocycles. The largest absolute Gasteiger partial charge is 0.465 e. The van der Waals surface area contributed by atoms with Gasteiger partial charge in [0.25, 0.3) is 0 Å². The lowest BCUT2D eigenvalue weighted by molar-refractivity contribution is -0.384. The summed E-state index contributed by atoms with van der Waals surface area (Å²) in [4.78, 5) is 27.5. The van der Waals surface area contributed by atoms with Crippen molar-refractivity contribution in [2.75, 3.05) is 24.6 Å². The Morgan fingerprint density at radius 1 is 1.57 bits per heavy atom. The van der Waals surface area contributed by atoms with Gasteiger partial charge in [0.1, 0.15) is 12.6 Å². The lowest BCUT2D eigenvalue weighted by Gasteiger charge is -2.21. The molecule has 0 aromatic carbocycles. The molecule has 0 saturated carbocycles. The molecular weight excluding hydrogens is 276 g/mol. The maximum Gasteiger partial charge on any atom is 0.325 e. The summed E-state index contributed by atoms with van der Waals surface area (Å²) < 4.78 is 4.85. The van der Waals surface area contributed by atoms with Crippen LogP contribution in [0.3, 0.4) is 0 Å². The van der Waals surface area contributed by atoms with Crippen molar-refractivity contribution in [2.45, 2.75) is 20.3 Å². The first-order chi connectivity index (χ1) is 10.0. The molecule has 0 aliphatic rings. The molecule has 0 amide bonds. The molecule has 21 heavy (non-hydrogen) atoms. The molecule has 0 atom stereocenters. The van der Waals surface area contributed by atoms with Gasteiger partial charge in [0.15, 0.2) is 0 Å². The van der Waals surface area contributed by atoms with Gasteiger partial charge in [0, 0.05) is 18.8 Å². The molecule has 0 bridgehead atoms. The topological polar surface area (TPSA) is 109 Å². The number of anilines is 1. The number of nitro groups is 1. The van der Waals surface area contributed by atoms with E-state index in [1.54, 1.807) is 13.0 Å². The monoisotopic (exact) mass is 292 g/mol. The summed E-state index contributed by atoms with van der Waals surface area (Å²) in [6.45, 7) is 4.10. The summed E-state index contributed by atoms with van der Waals surface area (Å²) in [7, 11) is 0. The molecule has 0 spiro atoms. The standard InChI is InChI=1S/C13H16N4O4/c1-3-5-16(9-12(18)21-4-2)13-11(17(19)20)6-10(7-14)8-15-13/h6,8H,3-5,9H2,1-2H3. The van der Waals surface area contributed by atoms with Crippen LogP contribution in [0.25, 0.3) is 0 Å². The third kappa shape index (κ3) is 4.42. The number of carbonyl (C=O) groups excluding carboxylic acids is 1. The quantitative estimate of drug-likeness (QED) is 0.427. The fraction of sp³-hybridized carbons (Fsp3) is 0.462. The van der Waals surface area contributed by atoms with E-state index in [9.17, 15) is 14.9 Å². The Balaban J connectivity index is 3.15. The molecule has 0 radical (unpaired) electrons. The van der Waals surface area contributed by atoms with Crippen LogP contribution >= 0.6 is 0 Å². The second-order valence-electron chi connectivity index (χ2n) is 4.16. The number of aromatic nitrogens is 1. The molecule has 0 fully saturated rings. The van der Waals surface area contributed by atoms with Crippen LogP contribution in [0.4, 0.5) is 11.5 Å². The smallest absolute Gasteiger partial charge is 0.325 e. The SMILES string of the molecule is CCCN(CC(=O)OCC)c1ncc(C#N)cc1[N+](=O)[O-]. The summed E-state index contributed by atoms with van der Waals surface area (Å²) in [5.74, 6) is -0.416. The second-order valence-corrected chi connectivity index (χ2v) is 4.16. The van der Waals surface area contributed by atoms with Crippen molar-refractivity contribution < 1.29 is 14.5 Å². The predicted octanol–water partition coefficient (Wildman–Crippen LogP) is 1.64. The highest BCUT2D eigenvalue weighted by Crippen LogP contribution is 2.26. The van der Waals surface area contributed by atoms with E-state index in [0.717, 1.165) is 6.07 Å². The summed E-state index contributed by atoms with van der Waals surface area (Å²) in [6, 6.07) is 2.95. The molecule has 1 aromatic rings. The predicted molar refractivity (Wildman–Crippen MR) is 74.7 cm³/mol. The number of esters is 1. The zero-order chi connectivity index (χ0) is 15.8. The molecule has 8 nitrogen and oxygen atoms in total. The Morgan fingerprint density at radius 3 is 2.81 bits per heavy atom. The molecule has 0 saturated heterocycles. The van der Waals surface area contributed by atoms with Gasteiger partial charge in [0.05, 0.1) is 17.1 Å². The molecule has 0 N–H and O–H groups in total. The Labute approximate surface area is 122 Å². The lowest BCUT2D eigenvalue weighted by Crippen LogP contribution is -2.33. The highest BCUT2D eigenvalue weighted by Gasteiger charge is 2.23. The third-order valence-electron chi connectivity index (χ3n) is 2.59. The molecular formula is C13H16N4O4. The zero-order valence-corrected chi connectivity index (χ0v) is 11.9. The third-order valence-corrected chi connectivity index (χ3v) is 2.59. The number of rotatable bonds is 7. The van der Waals surface area contributed by atoms with Gasteiger partial charge in [-0.25, -0.2) is 4.98 Å². The normalized spacial score (nSPS) is 9.76. The number of nitriles is 1. The van der Waals surface area contributed by atoms with Gasteiger partial charge in [-0.15, -0.1) is 0 Å². The minimum Gasteiger partial charge on any atom is -0.465 e. The molecule has 0 aliphatic heterocycles.